The molecule has 3 N–H and O–H groups in total. The van der Waals surface area contributed by atoms with Crippen LogP contribution in [-0.4, -0.2) is 29.6 Å². The Hall–Kier alpha value is -2.65. The quantitative estimate of drug-likeness (QED) is 0.785. The van der Waals surface area contributed by atoms with Crippen LogP contribution in [0.3, 0.4) is 0 Å². The van der Waals surface area contributed by atoms with Crippen LogP contribution in [0.15, 0.2) is 42.6 Å². The molecule has 2 aromatic rings. The minimum absolute atomic E-state index is 0.0247. The Kier molecular flexibility index (Phi) is 6.15. The molecule has 0 aliphatic carbocycles. The minimum atomic E-state index is -4.52. The second kappa shape index (κ2) is 8.57. The molecule has 9 heteroatoms. The van der Waals surface area contributed by atoms with Crippen molar-refractivity contribution in [3.8, 4) is 11.6 Å². The highest BCUT2D eigenvalue weighted by Gasteiger charge is 2.34. The maximum atomic E-state index is 13.0. The van der Waals surface area contributed by atoms with Crippen LogP contribution in [0.5, 0.6) is 11.6 Å². The summed E-state index contributed by atoms with van der Waals surface area (Å²) in [6.45, 7) is 0.602. The largest absolute Gasteiger partial charge is 0.438 e. The van der Waals surface area contributed by atoms with Gasteiger partial charge in [0.05, 0.1) is 11.7 Å². The van der Waals surface area contributed by atoms with Gasteiger partial charge in [-0.05, 0) is 30.5 Å². The van der Waals surface area contributed by atoms with E-state index in [1.807, 2.05) is 0 Å². The predicted octanol–water partition coefficient (Wildman–Crippen LogP) is 3.02. The number of ether oxygens (including phenoxy) is 2. The van der Waals surface area contributed by atoms with Gasteiger partial charge in [0, 0.05) is 25.4 Å². The topological polar surface area (TPSA) is 86.5 Å². The number of carbonyl (C=O) groups excluding carboxylic acids is 1. The number of nitrogens with zero attached hydrogens (tertiary/aromatic N) is 1. The molecule has 1 amide bonds. The van der Waals surface area contributed by atoms with Crippen molar-refractivity contribution in [2.24, 2.45) is 5.73 Å². The fraction of sp³-hybridized carbons (Fsp3) is 0.368. The number of rotatable bonds is 6. The summed E-state index contributed by atoms with van der Waals surface area (Å²) in [7, 11) is 0. The molecule has 0 bridgehead atoms. The van der Waals surface area contributed by atoms with Crippen molar-refractivity contribution in [1.29, 1.82) is 0 Å². The Labute approximate surface area is 159 Å². The first-order chi connectivity index (χ1) is 13.4. The molecule has 1 fully saturated rings. The van der Waals surface area contributed by atoms with Gasteiger partial charge < -0.3 is 20.5 Å². The van der Waals surface area contributed by atoms with Crippen LogP contribution < -0.4 is 15.8 Å². The average Bonchev–Trinajstić information content (AvgIpc) is 3.16. The van der Waals surface area contributed by atoms with Gasteiger partial charge in [0.2, 0.25) is 11.8 Å². The Balaban J connectivity index is 1.57. The maximum Gasteiger partial charge on any atom is 0.419 e. The number of nitrogens with one attached hydrogen (secondary N) is 1. The summed E-state index contributed by atoms with van der Waals surface area (Å²) in [4.78, 5) is 16.1. The van der Waals surface area contributed by atoms with Crippen molar-refractivity contribution >= 4 is 5.91 Å². The van der Waals surface area contributed by atoms with E-state index < -0.39 is 17.8 Å². The van der Waals surface area contributed by atoms with Crippen LogP contribution in [0.1, 0.15) is 24.0 Å². The number of pyridine rings is 1. The number of benzene rings is 1. The number of nitrogens with two attached hydrogens (primary N) is 1. The minimum Gasteiger partial charge on any atom is -0.438 e. The lowest BCUT2D eigenvalue weighted by atomic mass is 10.2. The SMILES string of the molecule is NC[C@H]1CC[C@@H](C(=O)NCc2ccc(Oc3ccccc3C(F)(F)F)nc2)O1. The molecule has 2 atom stereocenters. The fourth-order valence-corrected chi connectivity index (χ4v) is 2.85. The summed E-state index contributed by atoms with van der Waals surface area (Å²) in [5, 5.41) is 2.75. The molecule has 1 aliphatic heterocycles. The molecule has 1 aromatic heterocycles. The Bertz CT molecular complexity index is 812. The van der Waals surface area contributed by atoms with E-state index in [-0.39, 0.29) is 30.2 Å². The van der Waals surface area contributed by atoms with Crippen LogP contribution >= 0.6 is 0 Å². The normalized spacial score (nSPS) is 19.4. The van der Waals surface area contributed by atoms with Crippen molar-refractivity contribution < 1.29 is 27.4 Å². The summed E-state index contributed by atoms with van der Waals surface area (Å²) >= 11 is 0. The molecule has 0 unspecified atom stereocenters. The van der Waals surface area contributed by atoms with Gasteiger partial charge in [0.25, 0.3) is 0 Å². The van der Waals surface area contributed by atoms with Crippen LogP contribution in [-0.2, 0) is 22.3 Å². The van der Waals surface area contributed by atoms with Crippen molar-refractivity contribution in [3.05, 3.63) is 53.7 Å². The van der Waals surface area contributed by atoms with Gasteiger partial charge >= 0.3 is 6.18 Å². The number of amides is 1. The molecular formula is C19H20F3N3O3. The van der Waals surface area contributed by atoms with E-state index in [1.165, 1.54) is 30.5 Å². The second-order valence-corrected chi connectivity index (χ2v) is 6.38. The van der Waals surface area contributed by atoms with Gasteiger partial charge in [-0.25, -0.2) is 4.98 Å². The smallest absolute Gasteiger partial charge is 0.419 e. The Morgan fingerprint density at radius 1 is 1.25 bits per heavy atom. The first kappa shape index (κ1) is 20.1. The summed E-state index contributed by atoms with van der Waals surface area (Å²) in [5.41, 5.74) is 5.33. The van der Waals surface area contributed by atoms with Crippen molar-refractivity contribution in [2.75, 3.05) is 6.54 Å². The highest BCUT2D eigenvalue weighted by atomic mass is 19.4. The summed E-state index contributed by atoms with van der Waals surface area (Å²) < 4.78 is 49.8. The first-order valence-corrected chi connectivity index (χ1v) is 8.79. The Morgan fingerprint density at radius 3 is 2.68 bits per heavy atom. The van der Waals surface area contributed by atoms with Crippen LogP contribution in [0.2, 0.25) is 0 Å². The van der Waals surface area contributed by atoms with Gasteiger partial charge in [0.1, 0.15) is 11.9 Å². The van der Waals surface area contributed by atoms with Crippen molar-refractivity contribution in [1.82, 2.24) is 10.3 Å². The predicted molar refractivity (Wildman–Crippen MR) is 94.6 cm³/mol. The van der Waals surface area contributed by atoms with Gasteiger partial charge in [-0.1, -0.05) is 18.2 Å². The van der Waals surface area contributed by atoms with Gasteiger partial charge in [-0.2, -0.15) is 13.2 Å². The second-order valence-electron chi connectivity index (χ2n) is 6.38. The number of para-hydroxylation sites is 1. The zero-order valence-electron chi connectivity index (χ0n) is 14.9. The molecule has 0 saturated carbocycles. The maximum absolute atomic E-state index is 13.0. The van der Waals surface area contributed by atoms with Gasteiger partial charge in [-0.15, -0.1) is 0 Å². The summed E-state index contributed by atoms with van der Waals surface area (Å²) in [5.74, 6) is -0.525. The lowest BCUT2D eigenvalue weighted by molar-refractivity contribution is -0.138. The van der Waals surface area contributed by atoms with E-state index in [0.717, 1.165) is 12.5 Å². The van der Waals surface area contributed by atoms with E-state index in [2.05, 4.69) is 10.3 Å². The molecule has 1 saturated heterocycles. The lowest BCUT2D eigenvalue weighted by Gasteiger charge is -2.14. The molecule has 28 heavy (non-hydrogen) atoms. The van der Waals surface area contributed by atoms with Crippen LogP contribution in [0.4, 0.5) is 13.2 Å². The van der Waals surface area contributed by atoms with E-state index in [4.69, 9.17) is 15.2 Å². The number of alkyl halides is 3. The molecule has 6 nitrogen and oxygen atoms in total. The molecule has 2 heterocycles. The standard InChI is InChI=1S/C19H20F3N3O3/c20-19(21,22)14-3-1-2-4-15(14)28-17-8-5-12(10-24-17)11-25-18(26)16-7-6-13(9-23)27-16/h1-5,8,10,13,16H,6-7,9,11,23H2,(H,25,26)/t13-,16+/m1/s1. The molecule has 150 valence electrons. The number of carbonyl (C=O) groups is 1. The molecule has 3 rings (SSSR count). The number of hydrogen-bond acceptors (Lipinski definition) is 5. The summed E-state index contributed by atoms with van der Waals surface area (Å²) in [6.07, 6.45) is -2.31. The molecule has 1 aromatic carbocycles. The molecule has 1 aliphatic rings. The highest BCUT2D eigenvalue weighted by molar-refractivity contribution is 5.81. The zero-order chi connectivity index (χ0) is 20.1. The molecule has 0 radical (unpaired) electrons. The number of hydrogen-bond donors (Lipinski definition) is 2. The fourth-order valence-electron chi connectivity index (χ4n) is 2.85. The van der Waals surface area contributed by atoms with E-state index >= 15 is 0 Å². The van der Waals surface area contributed by atoms with Crippen LogP contribution in [0.25, 0.3) is 0 Å². The monoisotopic (exact) mass is 395 g/mol. The zero-order valence-corrected chi connectivity index (χ0v) is 14.9. The lowest BCUT2D eigenvalue weighted by Crippen LogP contribution is -2.35. The number of aromatic nitrogens is 1. The number of halogens is 3. The Morgan fingerprint density at radius 2 is 2.04 bits per heavy atom. The van der Waals surface area contributed by atoms with Crippen LogP contribution in [0, 0.1) is 0 Å². The van der Waals surface area contributed by atoms with E-state index in [1.54, 1.807) is 6.07 Å². The summed E-state index contributed by atoms with van der Waals surface area (Å²) in [6, 6.07) is 7.99. The van der Waals surface area contributed by atoms with Gasteiger partial charge in [0.15, 0.2) is 0 Å². The molecular weight excluding hydrogens is 375 g/mol. The van der Waals surface area contributed by atoms with E-state index in [0.29, 0.717) is 18.5 Å². The van der Waals surface area contributed by atoms with Gasteiger partial charge in [-0.3, -0.25) is 4.79 Å². The average molecular weight is 395 g/mol. The third kappa shape index (κ3) is 4.99. The van der Waals surface area contributed by atoms with Crippen molar-refractivity contribution in [3.63, 3.8) is 0 Å². The van der Waals surface area contributed by atoms with Crippen molar-refractivity contribution in [2.45, 2.75) is 37.8 Å². The third-order valence-electron chi connectivity index (χ3n) is 4.33. The first-order valence-electron chi connectivity index (χ1n) is 8.79. The molecule has 0 spiro atoms. The third-order valence-corrected chi connectivity index (χ3v) is 4.33. The van der Waals surface area contributed by atoms with E-state index in [9.17, 15) is 18.0 Å². The highest BCUT2D eigenvalue weighted by Crippen LogP contribution is 2.37.